The van der Waals surface area contributed by atoms with E-state index in [2.05, 4.69) is 5.11 Å². The highest BCUT2D eigenvalue weighted by atomic mass is 15.0. The van der Waals surface area contributed by atoms with E-state index in [-0.39, 0.29) is 0 Å². The second-order valence-corrected chi connectivity index (χ2v) is 1.92. The number of benzene rings is 1. The summed E-state index contributed by atoms with van der Waals surface area (Å²) in [4.78, 5) is 0. The van der Waals surface area contributed by atoms with Gasteiger partial charge in [-0.2, -0.15) is 5.53 Å². The Kier molecular flexibility index (Phi) is 1.58. The van der Waals surface area contributed by atoms with E-state index >= 15 is 0 Å². The molecular formula is C7H9N2+. The minimum atomic E-state index is 0.859. The van der Waals surface area contributed by atoms with Crippen LogP contribution in [-0.4, -0.2) is 0 Å². The van der Waals surface area contributed by atoms with E-state index in [0.29, 0.717) is 0 Å². The molecule has 0 bridgehead atoms. The molecule has 1 aromatic carbocycles. The molecule has 9 heavy (non-hydrogen) atoms. The van der Waals surface area contributed by atoms with Gasteiger partial charge in [-0.3, -0.25) is 0 Å². The van der Waals surface area contributed by atoms with Crippen LogP contribution in [0.1, 0.15) is 5.56 Å². The summed E-state index contributed by atoms with van der Waals surface area (Å²) in [5, 5.41) is 3.57. The average Bonchev–Trinajstić information content (AvgIpc) is 1.89. The van der Waals surface area contributed by atoms with Crippen molar-refractivity contribution < 1.29 is 5.53 Å². The molecule has 2 heteroatoms. The molecule has 0 saturated heterocycles. The summed E-state index contributed by atoms with van der Waals surface area (Å²) in [5.41, 5.74) is 7.05. The van der Waals surface area contributed by atoms with Crippen molar-refractivity contribution in [2.24, 2.45) is 5.11 Å². The predicted molar refractivity (Wildman–Crippen MR) is 35.2 cm³/mol. The Hall–Kier alpha value is -1.18. The van der Waals surface area contributed by atoms with Crippen LogP contribution in [0.5, 0.6) is 0 Å². The van der Waals surface area contributed by atoms with Crippen LogP contribution in [0.4, 0.5) is 5.69 Å². The van der Waals surface area contributed by atoms with Crippen LogP contribution in [0, 0.1) is 6.92 Å². The van der Waals surface area contributed by atoms with E-state index in [1.54, 1.807) is 0 Å². The Morgan fingerprint density at radius 3 is 2.44 bits per heavy atom. The van der Waals surface area contributed by atoms with E-state index < -0.39 is 0 Å². The Morgan fingerprint density at radius 1 is 1.33 bits per heavy atom. The quantitative estimate of drug-likeness (QED) is 0.535. The summed E-state index contributed by atoms with van der Waals surface area (Å²) in [7, 11) is 0. The topological polar surface area (TPSA) is 38.0 Å². The van der Waals surface area contributed by atoms with Crippen LogP contribution in [0.3, 0.4) is 0 Å². The van der Waals surface area contributed by atoms with Gasteiger partial charge in [-0.05, 0) is 23.7 Å². The highest BCUT2D eigenvalue weighted by molar-refractivity contribution is 5.43. The molecule has 0 unspecified atom stereocenters. The summed E-state index contributed by atoms with van der Waals surface area (Å²) >= 11 is 0. The van der Waals surface area contributed by atoms with Crippen molar-refractivity contribution in [3.63, 3.8) is 0 Å². The van der Waals surface area contributed by atoms with Gasteiger partial charge in [-0.15, -0.1) is 0 Å². The van der Waals surface area contributed by atoms with E-state index in [1.807, 2.05) is 31.2 Å². The molecule has 0 atom stereocenters. The number of nitrogens with zero attached hydrogens (tertiary/aromatic N) is 1. The number of aryl methyl sites for hydroxylation is 1. The lowest BCUT2D eigenvalue weighted by molar-refractivity contribution is -0.210. The third kappa shape index (κ3) is 1.13. The average molecular weight is 121 g/mol. The van der Waals surface area contributed by atoms with Crippen molar-refractivity contribution >= 4 is 5.69 Å². The van der Waals surface area contributed by atoms with Crippen molar-refractivity contribution in [3.05, 3.63) is 29.8 Å². The minimum Gasteiger partial charge on any atom is -0.152 e. The van der Waals surface area contributed by atoms with Crippen molar-refractivity contribution in [2.75, 3.05) is 0 Å². The molecule has 46 valence electrons. The highest BCUT2D eigenvalue weighted by Gasteiger charge is 1.92. The summed E-state index contributed by atoms with van der Waals surface area (Å²) in [6.07, 6.45) is 0. The largest absolute Gasteiger partial charge is 0.152 e. The first kappa shape index (κ1) is 5.95. The lowest BCUT2D eigenvalue weighted by atomic mass is 10.2. The maximum absolute atomic E-state index is 5.08. The Bertz CT molecular complexity index is 218. The van der Waals surface area contributed by atoms with Crippen LogP contribution in [0.2, 0.25) is 0 Å². The zero-order valence-electron chi connectivity index (χ0n) is 5.33. The molecule has 0 radical (unpaired) electrons. The molecule has 0 heterocycles. The second kappa shape index (κ2) is 2.40. The van der Waals surface area contributed by atoms with Gasteiger partial charge in [-0.25, -0.2) is 0 Å². The molecule has 0 aliphatic rings. The lowest BCUT2D eigenvalue weighted by Crippen LogP contribution is -2.22. The zero-order valence-corrected chi connectivity index (χ0v) is 5.33. The summed E-state index contributed by atoms with van der Waals surface area (Å²) in [6, 6.07) is 7.74. The first-order chi connectivity index (χ1) is 4.34. The molecule has 0 amide bonds. The highest BCUT2D eigenvalue weighted by Crippen LogP contribution is 2.14. The molecule has 1 rings (SSSR count). The SMILES string of the molecule is Cc1ccccc1N=[NH2+]. The fourth-order valence-corrected chi connectivity index (χ4v) is 0.708. The van der Waals surface area contributed by atoms with Gasteiger partial charge in [0.1, 0.15) is 5.69 Å². The molecule has 0 aromatic heterocycles. The first-order valence-corrected chi connectivity index (χ1v) is 2.81. The van der Waals surface area contributed by atoms with Crippen LogP contribution < -0.4 is 5.53 Å². The molecule has 2 N–H and O–H groups in total. The summed E-state index contributed by atoms with van der Waals surface area (Å²) < 4.78 is 0. The molecular weight excluding hydrogens is 112 g/mol. The van der Waals surface area contributed by atoms with Gasteiger partial charge in [0.15, 0.2) is 0 Å². The van der Waals surface area contributed by atoms with Crippen LogP contribution in [0.25, 0.3) is 0 Å². The van der Waals surface area contributed by atoms with Crippen LogP contribution in [0.15, 0.2) is 29.4 Å². The number of hydrogen-bond acceptors (Lipinski definition) is 1. The molecule has 1 aromatic rings. The first-order valence-electron chi connectivity index (χ1n) is 2.81. The fraction of sp³-hybridized carbons (Fsp3) is 0.143. The van der Waals surface area contributed by atoms with E-state index in [4.69, 9.17) is 5.53 Å². The number of hydrogen-bond donors (Lipinski definition) is 1. The monoisotopic (exact) mass is 121 g/mol. The van der Waals surface area contributed by atoms with Gasteiger partial charge < -0.3 is 0 Å². The van der Waals surface area contributed by atoms with E-state index in [0.717, 1.165) is 11.3 Å². The van der Waals surface area contributed by atoms with E-state index in [9.17, 15) is 0 Å². The van der Waals surface area contributed by atoms with Gasteiger partial charge >= 0.3 is 0 Å². The summed E-state index contributed by atoms with van der Waals surface area (Å²) in [6.45, 7) is 1.98. The van der Waals surface area contributed by atoms with Crippen LogP contribution >= 0.6 is 0 Å². The fourth-order valence-electron chi connectivity index (χ4n) is 0.708. The molecule has 0 fully saturated rings. The van der Waals surface area contributed by atoms with Crippen molar-refractivity contribution in [2.45, 2.75) is 6.92 Å². The maximum Gasteiger partial charge on any atom is 0.132 e. The lowest BCUT2D eigenvalue weighted by Gasteiger charge is -1.90. The Balaban J connectivity index is 3.15. The Labute approximate surface area is 54.0 Å². The third-order valence-corrected chi connectivity index (χ3v) is 1.25. The van der Waals surface area contributed by atoms with Gasteiger partial charge in [0.2, 0.25) is 0 Å². The van der Waals surface area contributed by atoms with Gasteiger partial charge in [-0.1, -0.05) is 18.2 Å². The molecule has 0 spiro atoms. The van der Waals surface area contributed by atoms with Gasteiger partial charge in [0, 0.05) is 0 Å². The molecule has 0 aliphatic carbocycles. The molecule has 2 nitrogen and oxygen atoms in total. The predicted octanol–water partition coefficient (Wildman–Crippen LogP) is 0.838. The maximum atomic E-state index is 5.08. The number of rotatable bonds is 1. The van der Waals surface area contributed by atoms with Crippen molar-refractivity contribution in [1.82, 2.24) is 0 Å². The van der Waals surface area contributed by atoms with Crippen LogP contribution in [-0.2, 0) is 0 Å². The third-order valence-electron chi connectivity index (χ3n) is 1.25. The normalized spacial score (nSPS) is 9.00. The minimum absolute atomic E-state index is 0.859. The standard InChI is InChI=1S/C7H8N2/c1-6-4-2-3-5-7(6)9-8/h2-5,8H,1H3/p+1. The van der Waals surface area contributed by atoms with Crippen molar-refractivity contribution in [1.29, 1.82) is 0 Å². The smallest absolute Gasteiger partial charge is 0.132 e. The number of nitrogens with two attached hydrogens (primary N) is 1. The zero-order chi connectivity index (χ0) is 6.69. The van der Waals surface area contributed by atoms with Crippen molar-refractivity contribution in [3.8, 4) is 0 Å². The Morgan fingerprint density at radius 2 is 2.00 bits per heavy atom. The molecule has 0 aliphatic heterocycles. The van der Waals surface area contributed by atoms with E-state index in [1.165, 1.54) is 0 Å². The summed E-state index contributed by atoms with van der Waals surface area (Å²) in [5.74, 6) is 0. The van der Waals surface area contributed by atoms with Gasteiger partial charge in [0.25, 0.3) is 0 Å². The molecule has 0 saturated carbocycles. The second-order valence-electron chi connectivity index (χ2n) is 1.92. The van der Waals surface area contributed by atoms with Gasteiger partial charge in [0.05, 0.1) is 0 Å².